The molecule has 4 nitrogen and oxygen atoms in total. The fraction of sp³-hybridized carbons (Fsp3) is 0. The van der Waals surface area contributed by atoms with E-state index < -0.39 is 0 Å². The molecule has 0 radical (unpaired) electrons. The number of hydrogen-bond donors (Lipinski definition) is 0. The van der Waals surface area contributed by atoms with Crippen molar-refractivity contribution < 1.29 is 0 Å². The summed E-state index contributed by atoms with van der Waals surface area (Å²) in [4.78, 5) is 17.8. The Labute approximate surface area is 309 Å². The van der Waals surface area contributed by atoms with Gasteiger partial charge in [0.1, 0.15) is 0 Å². The molecule has 0 aliphatic rings. The van der Waals surface area contributed by atoms with Crippen molar-refractivity contribution in [3.05, 3.63) is 206 Å². The van der Waals surface area contributed by atoms with E-state index in [1.807, 2.05) is 24.3 Å². The van der Waals surface area contributed by atoms with Crippen molar-refractivity contribution in [2.45, 2.75) is 0 Å². The molecule has 0 unspecified atom stereocenters. The lowest BCUT2D eigenvalue weighted by Crippen LogP contribution is -2.12. The van der Waals surface area contributed by atoms with E-state index in [1.165, 1.54) is 16.5 Å². The van der Waals surface area contributed by atoms with Crippen LogP contribution in [0.1, 0.15) is 0 Å². The molecule has 1 heterocycles. The minimum absolute atomic E-state index is 0.600. The van der Waals surface area contributed by atoms with Crippen molar-refractivity contribution in [3.8, 4) is 56.4 Å². The Bertz CT molecular complexity index is 2640. The largest absolute Gasteiger partial charge is 0.310 e. The number of hydrogen-bond acceptors (Lipinski definition) is 4. The molecule has 8 aromatic carbocycles. The first kappa shape index (κ1) is 31.8. The smallest absolute Gasteiger partial charge is 0.166 e. The number of nitrogens with zero attached hydrogens (tertiary/aromatic N) is 4. The maximum absolute atomic E-state index is 5.21. The summed E-state index contributed by atoms with van der Waals surface area (Å²) in [5.41, 5.74) is 10.4. The first-order valence-corrected chi connectivity index (χ1v) is 17.8. The van der Waals surface area contributed by atoms with Gasteiger partial charge in [-0.05, 0) is 75.5 Å². The average molecular weight is 679 g/mol. The molecule has 0 aliphatic carbocycles. The molecule has 53 heavy (non-hydrogen) atoms. The molecule has 4 heteroatoms. The zero-order valence-electron chi connectivity index (χ0n) is 28.9. The number of fused-ring (bicyclic) bond motifs is 1. The summed E-state index contributed by atoms with van der Waals surface area (Å²) in [5, 5.41) is 2.31. The Morgan fingerprint density at radius 3 is 1.38 bits per heavy atom. The van der Waals surface area contributed by atoms with E-state index in [0.717, 1.165) is 50.3 Å². The van der Waals surface area contributed by atoms with Crippen LogP contribution in [0.2, 0.25) is 0 Å². The van der Waals surface area contributed by atoms with Gasteiger partial charge < -0.3 is 4.90 Å². The summed E-state index contributed by atoms with van der Waals surface area (Å²) in [6, 6.07) is 71.6. The minimum Gasteiger partial charge on any atom is -0.310 e. The molecule has 0 atom stereocenters. The number of benzene rings is 8. The van der Waals surface area contributed by atoms with Crippen LogP contribution in [-0.2, 0) is 0 Å². The lowest BCUT2D eigenvalue weighted by Gasteiger charge is -2.27. The van der Waals surface area contributed by atoms with E-state index >= 15 is 0 Å². The molecule has 0 bridgehead atoms. The molecule has 0 spiro atoms. The van der Waals surface area contributed by atoms with E-state index in [9.17, 15) is 0 Å². The fourth-order valence-corrected chi connectivity index (χ4v) is 6.82. The Kier molecular flexibility index (Phi) is 8.53. The predicted octanol–water partition coefficient (Wildman–Crippen LogP) is 12.8. The molecule has 250 valence electrons. The van der Waals surface area contributed by atoms with Crippen LogP contribution in [0.25, 0.3) is 67.2 Å². The van der Waals surface area contributed by atoms with Crippen LogP contribution in [0.5, 0.6) is 0 Å². The van der Waals surface area contributed by atoms with Gasteiger partial charge in [-0.25, -0.2) is 15.0 Å². The van der Waals surface area contributed by atoms with E-state index in [1.54, 1.807) is 0 Å². The second-order valence-corrected chi connectivity index (χ2v) is 12.9. The van der Waals surface area contributed by atoms with Gasteiger partial charge in [-0.2, -0.15) is 0 Å². The molecule has 9 aromatic rings. The van der Waals surface area contributed by atoms with Crippen LogP contribution < -0.4 is 4.90 Å². The zero-order chi connectivity index (χ0) is 35.4. The summed E-state index contributed by atoms with van der Waals surface area (Å²) in [6.07, 6.45) is 0. The van der Waals surface area contributed by atoms with Crippen LogP contribution in [-0.4, -0.2) is 15.0 Å². The number of rotatable bonds is 8. The highest BCUT2D eigenvalue weighted by molar-refractivity contribution is 5.89. The van der Waals surface area contributed by atoms with Crippen molar-refractivity contribution in [2.75, 3.05) is 4.90 Å². The molecule has 0 saturated heterocycles. The SMILES string of the molecule is c1ccc(-c2ccc(-c3nc(-c4ccc5ccccc5c4)nc(-c4ccccc4N(c4ccccc4)c4ccc(-c5ccccc5)cc4)n3)cc2)cc1. The van der Waals surface area contributed by atoms with E-state index in [-0.39, 0.29) is 0 Å². The number of anilines is 3. The van der Waals surface area contributed by atoms with Gasteiger partial charge >= 0.3 is 0 Å². The molecule has 0 N–H and O–H groups in total. The first-order chi connectivity index (χ1) is 26.3. The van der Waals surface area contributed by atoms with E-state index in [0.29, 0.717) is 17.5 Å². The third-order valence-corrected chi connectivity index (χ3v) is 9.53. The Morgan fingerprint density at radius 2 is 0.717 bits per heavy atom. The summed E-state index contributed by atoms with van der Waals surface area (Å²) >= 11 is 0. The van der Waals surface area contributed by atoms with Crippen LogP contribution >= 0.6 is 0 Å². The summed E-state index contributed by atoms with van der Waals surface area (Å²) in [5.74, 6) is 1.84. The van der Waals surface area contributed by atoms with Crippen molar-refractivity contribution in [3.63, 3.8) is 0 Å². The topological polar surface area (TPSA) is 41.9 Å². The van der Waals surface area contributed by atoms with Crippen molar-refractivity contribution in [2.24, 2.45) is 0 Å². The first-order valence-electron chi connectivity index (χ1n) is 17.8. The average Bonchev–Trinajstić information content (AvgIpc) is 3.25. The maximum atomic E-state index is 5.21. The number of aromatic nitrogens is 3. The van der Waals surface area contributed by atoms with E-state index in [4.69, 9.17) is 15.0 Å². The van der Waals surface area contributed by atoms with Gasteiger partial charge in [-0.3, -0.25) is 0 Å². The van der Waals surface area contributed by atoms with Gasteiger partial charge in [-0.1, -0.05) is 164 Å². The van der Waals surface area contributed by atoms with Crippen molar-refractivity contribution >= 4 is 27.8 Å². The minimum atomic E-state index is 0.600. The molecule has 9 rings (SSSR count). The lowest BCUT2D eigenvalue weighted by atomic mass is 10.0. The molecule has 0 amide bonds. The molecular weight excluding hydrogens is 645 g/mol. The van der Waals surface area contributed by atoms with Crippen molar-refractivity contribution in [1.82, 2.24) is 15.0 Å². The van der Waals surface area contributed by atoms with Gasteiger partial charge in [0.2, 0.25) is 0 Å². The lowest BCUT2D eigenvalue weighted by molar-refractivity contribution is 1.07. The van der Waals surface area contributed by atoms with E-state index in [2.05, 4.69) is 187 Å². The molecule has 0 fully saturated rings. The van der Waals surface area contributed by atoms with Crippen molar-refractivity contribution in [1.29, 1.82) is 0 Å². The Hall–Kier alpha value is -7.17. The molecular formula is C49H34N4. The van der Waals surface area contributed by atoms with Crippen LogP contribution in [0.15, 0.2) is 206 Å². The van der Waals surface area contributed by atoms with Gasteiger partial charge in [-0.15, -0.1) is 0 Å². The standard InChI is InChI=1S/C49H34N4/c1-4-14-35(15-5-1)38-24-27-40(28-25-38)47-50-48(42-29-26-37-18-10-11-19-41(37)34-42)52-49(51-47)45-22-12-13-23-46(45)53(43-20-8-3-9-21-43)44-32-30-39(31-33-44)36-16-6-2-7-17-36/h1-34H. The summed E-state index contributed by atoms with van der Waals surface area (Å²) < 4.78 is 0. The second kappa shape index (κ2) is 14.2. The van der Waals surface area contributed by atoms with Crippen LogP contribution in [0.3, 0.4) is 0 Å². The third kappa shape index (κ3) is 6.58. The van der Waals surface area contributed by atoms with Crippen LogP contribution in [0.4, 0.5) is 17.1 Å². The normalized spacial score (nSPS) is 11.0. The molecule has 1 aromatic heterocycles. The predicted molar refractivity (Wildman–Crippen MR) is 219 cm³/mol. The highest BCUT2D eigenvalue weighted by Crippen LogP contribution is 2.41. The van der Waals surface area contributed by atoms with Crippen LogP contribution in [0, 0.1) is 0 Å². The Morgan fingerprint density at radius 1 is 0.283 bits per heavy atom. The third-order valence-electron chi connectivity index (χ3n) is 9.53. The highest BCUT2D eigenvalue weighted by atomic mass is 15.2. The van der Waals surface area contributed by atoms with Gasteiger partial charge in [0.25, 0.3) is 0 Å². The van der Waals surface area contributed by atoms with Gasteiger partial charge in [0.15, 0.2) is 17.5 Å². The fourth-order valence-electron chi connectivity index (χ4n) is 6.82. The zero-order valence-corrected chi connectivity index (χ0v) is 28.9. The monoisotopic (exact) mass is 678 g/mol. The summed E-state index contributed by atoms with van der Waals surface area (Å²) in [7, 11) is 0. The molecule has 0 saturated carbocycles. The number of para-hydroxylation sites is 2. The summed E-state index contributed by atoms with van der Waals surface area (Å²) in [6.45, 7) is 0. The second-order valence-electron chi connectivity index (χ2n) is 12.9. The maximum Gasteiger partial charge on any atom is 0.166 e. The van der Waals surface area contributed by atoms with Gasteiger partial charge in [0.05, 0.1) is 5.69 Å². The quantitative estimate of drug-likeness (QED) is 0.160. The van der Waals surface area contributed by atoms with Gasteiger partial charge in [0, 0.05) is 28.1 Å². The molecule has 0 aliphatic heterocycles. The Balaban J connectivity index is 1.20. The highest BCUT2D eigenvalue weighted by Gasteiger charge is 2.20.